The fourth-order valence-corrected chi connectivity index (χ4v) is 11.3. The molecule has 0 aliphatic carbocycles. The molecule has 0 saturated heterocycles. The quantitative estimate of drug-likeness (QED) is 0.0992. The summed E-state index contributed by atoms with van der Waals surface area (Å²) in [6.45, 7) is -0.00525. The van der Waals surface area contributed by atoms with Gasteiger partial charge < -0.3 is 20.4 Å². The summed E-state index contributed by atoms with van der Waals surface area (Å²) in [5.41, 5.74) is 5.32. The van der Waals surface area contributed by atoms with Crippen LogP contribution < -0.4 is 0 Å². The Hall–Kier alpha value is -4.20. The van der Waals surface area contributed by atoms with Crippen LogP contribution in [0.15, 0.2) is 97.1 Å². The average molecular weight is 741 g/mol. The maximum Gasteiger partial charge on any atom is 0.307 e. The van der Waals surface area contributed by atoms with Gasteiger partial charge in [0.05, 0.1) is 26.1 Å². The van der Waals surface area contributed by atoms with Crippen molar-refractivity contribution in [2.24, 2.45) is 0 Å². The predicted octanol–water partition coefficient (Wildman–Crippen LogP) is 10.2. The molecule has 0 atom stereocenters. The van der Waals surface area contributed by atoms with Crippen LogP contribution in [0.2, 0.25) is 0 Å². The fourth-order valence-electron chi connectivity index (χ4n) is 5.49. The second-order valence-electron chi connectivity index (χ2n) is 11.3. The molecule has 2 aromatic carbocycles. The summed E-state index contributed by atoms with van der Waals surface area (Å²) >= 11 is 7.98. The van der Waals surface area contributed by atoms with Gasteiger partial charge in [-0.3, -0.25) is 9.59 Å². The standard InChI is InChI=1S/C38H28O6S5/c39-19-21-1-5-23(6-2-21)27-9-11-29(45-27)33-15-25(17-35(41)42)37(48-33)31-13-14-32(47-31)38-26(18-36(43)44)16-34(49-38)30-12-10-28(46-30)24-7-3-22(20-40)4-8-24/h1-16,39-40H,17-20H2,(H,41,42)(H,43,44). The van der Waals surface area contributed by atoms with Crippen molar-refractivity contribution in [2.45, 2.75) is 26.1 Å². The highest BCUT2D eigenvalue weighted by Crippen LogP contribution is 2.49. The van der Waals surface area contributed by atoms with Gasteiger partial charge in [-0.05, 0) is 81.9 Å². The van der Waals surface area contributed by atoms with E-state index in [9.17, 15) is 30.0 Å². The minimum atomic E-state index is -0.899. The van der Waals surface area contributed by atoms with Crippen LogP contribution in [0.3, 0.4) is 0 Å². The number of carboxylic acid groups (broad SMARTS) is 2. The number of aliphatic hydroxyl groups excluding tert-OH is 2. The number of carbonyl (C=O) groups is 2. The molecule has 0 radical (unpaired) electrons. The van der Waals surface area contributed by atoms with Gasteiger partial charge in [0.1, 0.15) is 0 Å². The molecule has 0 aliphatic rings. The molecule has 49 heavy (non-hydrogen) atoms. The van der Waals surface area contributed by atoms with Crippen molar-refractivity contribution in [1.82, 2.24) is 0 Å². The number of aliphatic hydroxyl groups is 2. The van der Waals surface area contributed by atoms with E-state index in [0.717, 1.165) is 82.2 Å². The van der Waals surface area contributed by atoms with Crippen molar-refractivity contribution in [3.63, 3.8) is 0 Å². The first-order valence-corrected chi connectivity index (χ1v) is 19.3. The van der Waals surface area contributed by atoms with Crippen molar-refractivity contribution in [3.05, 3.63) is 119 Å². The summed E-state index contributed by atoms with van der Waals surface area (Å²) < 4.78 is 0. The molecule has 7 aromatic rings. The zero-order valence-electron chi connectivity index (χ0n) is 25.7. The molecular weight excluding hydrogens is 713 g/mol. The summed E-state index contributed by atoms with van der Waals surface area (Å²) in [6, 6.07) is 31.8. The van der Waals surface area contributed by atoms with Gasteiger partial charge in [-0.25, -0.2) is 0 Å². The highest BCUT2D eigenvalue weighted by atomic mass is 32.1. The third-order valence-corrected chi connectivity index (χ3v) is 14.4. The molecule has 5 heterocycles. The van der Waals surface area contributed by atoms with E-state index in [1.807, 2.05) is 72.8 Å². The number of benzene rings is 2. The van der Waals surface area contributed by atoms with E-state index in [4.69, 9.17) is 0 Å². The first kappa shape index (κ1) is 33.3. The van der Waals surface area contributed by atoms with Gasteiger partial charge in [0.25, 0.3) is 0 Å². The smallest absolute Gasteiger partial charge is 0.307 e. The van der Waals surface area contributed by atoms with Crippen molar-refractivity contribution in [1.29, 1.82) is 0 Å². The van der Waals surface area contributed by atoms with E-state index in [0.29, 0.717) is 0 Å². The van der Waals surface area contributed by atoms with Crippen LogP contribution in [-0.4, -0.2) is 32.4 Å². The lowest BCUT2D eigenvalue weighted by Gasteiger charge is -1.99. The number of carboxylic acids is 2. The van der Waals surface area contributed by atoms with Gasteiger partial charge in [-0.1, -0.05) is 48.5 Å². The van der Waals surface area contributed by atoms with Gasteiger partial charge in [-0.15, -0.1) is 56.7 Å². The van der Waals surface area contributed by atoms with Crippen LogP contribution in [0.4, 0.5) is 0 Å². The Morgan fingerprint density at radius 3 is 1.14 bits per heavy atom. The molecule has 7 rings (SSSR count). The molecule has 0 saturated carbocycles. The lowest BCUT2D eigenvalue weighted by atomic mass is 10.1. The van der Waals surface area contributed by atoms with Crippen molar-refractivity contribution in [3.8, 4) is 59.9 Å². The minimum absolute atomic E-state index is 0.00263. The number of hydrogen-bond acceptors (Lipinski definition) is 9. The van der Waals surface area contributed by atoms with E-state index in [2.05, 4.69) is 24.3 Å². The second kappa shape index (κ2) is 14.3. The van der Waals surface area contributed by atoms with Crippen molar-refractivity contribution < 1.29 is 30.0 Å². The third kappa shape index (κ3) is 7.24. The number of thiophene rings is 5. The Morgan fingerprint density at radius 2 is 0.776 bits per heavy atom. The minimum Gasteiger partial charge on any atom is -0.481 e. The number of hydrogen-bond donors (Lipinski definition) is 4. The summed E-state index contributed by atoms with van der Waals surface area (Å²) in [5, 5.41) is 38.3. The molecule has 246 valence electrons. The van der Waals surface area contributed by atoms with Crippen LogP contribution in [0.25, 0.3) is 59.9 Å². The predicted molar refractivity (Wildman–Crippen MR) is 203 cm³/mol. The van der Waals surface area contributed by atoms with Gasteiger partial charge in [0.15, 0.2) is 0 Å². The molecule has 0 spiro atoms. The Bertz CT molecular complexity index is 2100. The van der Waals surface area contributed by atoms with Crippen LogP contribution in [0.1, 0.15) is 22.3 Å². The highest BCUT2D eigenvalue weighted by molar-refractivity contribution is 7.30. The zero-order chi connectivity index (χ0) is 34.1. The monoisotopic (exact) mass is 740 g/mol. The lowest BCUT2D eigenvalue weighted by molar-refractivity contribution is -0.137. The molecule has 5 aromatic heterocycles. The normalized spacial score (nSPS) is 11.3. The molecule has 6 nitrogen and oxygen atoms in total. The van der Waals surface area contributed by atoms with E-state index in [1.165, 1.54) is 0 Å². The van der Waals surface area contributed by atoms with Crippen LogP contribution in [0, 0.1) is 0 Å². The van der Waals surface area contributed by atoms with E-state index < -0.39 is 11.9 Å². The van der Waals surface area contributed by atoms with Crippen molar-refractivity contribution >= 4 is 68.6 Å². The maximum atomic E-state index is 11.9. The molecular formula is C38H28O6S5. The molecule has 0 unspecified atom stereocenters. The summed E-state index contributed by atoms with van der Waals surface area (Å²) in [7, 11) is 0. The topological polar surface area (TPSA) is 115 Å². The molecule has 4 N–H and O–H groups in total. The summed E-state index contributed by atoms with van der Waals surface area (Å²) in [4.78, 5) is 33.8. The molecule has 0 aliphatic heterocycles. The van der Waals surface area contributed by atoms with Gasteiger partial charge in [-0.2, -0.15) is 0 Å². The Balaban J connectivity index is 1.20. The Labute approximate surface area is 302 Å². The fraction of sp³-hybridized carbons (Fsp3) is 0.105. The van der Waals surface area contributed by atoms with Crippen LogP contribution in [0.5, 0.6) is 0 Å². The third-order valence-electron chi connectivity index (χ3n) is 7.89. The van der Waals surface area contributed by atoms with Crippen molar-refractivity contribution in [2.75, 3.05) is 0 Å². The van der Waals surface area contributed by atoms with E-state index in [-0.39, 0.29) is 26.1 Å². The first-order valence-electron chi connectivity index (χ1n) is 15.2. The van der Waals surface area contributed by atoms with Gasteiger partial charge in [0, 0.05) is 48.8 Å². The summed E-state index contributed by atoms with van der Waals surface area (Å²) in [6.07, 6.45) is -0.201. The maximum absolute atomic E-state index is 11.9. The van der Waals surface area contributed by atoms with E-state index in [1.54, 1.807) is 56.7 Å². The molecule has 0 fully saturated rings. The van der Waals surface area contributed by atoms with Crippen LogP contribution >= 0.6 is 56.7 Å². The summed E-state index contributed by atoms with van der Waals surface area (Å²) in [5.74, 6) is -1.80. The SMILES string of the molecule is O=C(O)Cc1cc(-c2ccc(-c3ccc(CO)cc3)s2)sc1-c1ccc(-c2sc(-c3ccc(-c4ccc(CO)cc4)s3)cc2CC(=O)O)s1. The molecule has 0 bridgehead atoms. The van der Waals surface area contributed by atoms with Gasteiger partial charge >= 0.3 is 11.9 Å². The second-order valence-corrected chi connectivity index (χ2v) is 16.6. The average Bonchev–Trinajstić information content (AvgIpc) is 3.94. The largest absolute Gasteiger partial charge is 0.481 e. The van der Waals surface area contributed by atoms with E-state index >= 15 is 0 Å². The number of rotatable bonds is 12. The zero-order valence-corrected chi connectivity index (χ0v) is 29.8. The molecule has 0 amide bonds. The Morgan fingerprint density at radius 1 is 0.429 bits per heavy atom. The number of aliphatic carboxylic acids is 2. The highest BCUT2D eigenvalue weighted by Gasteiger charge is 2.21. The van der Waals surface area contributed by atoms with Crippen LogP contribution in [-0.2, 0) is 35.6 Å². The van der Waals surface area contributed by atoms with Gasteiger partial charge in [0.2, 0.25) is 0 Å². The molecule has 11 heteroatoms. The first-order chi connectivity index (χ1) is 23.8. The lowest BCUT2D eigenvalue weighted by Crippen LogP contribution is -1.99. The Kier molecular flexibility index (Phi) is 9.75.